The van der Waals surface area contributed by atoms with Crippen molar-refractivity contribution < 1.29 is 14.3 Å². The summed E-state index contributed by atoms with van der Waals surface area (Å²) in [7, 11) is 1.92. The smallest absolute Gasteiger partial charge is 0.328 e. The highest BCUT2D eigenvalue weighted by molar-refractivity contribution is 6.00. The van der Waals surface area contributed by atoms with Gasteiger partial charge in [-0.25, -0.2) is 9.18 Å². The SMILES string of the molecule is Cn1c(-c2ccc(F)cc2)c(C=CC(=O)O)c2ccccc21. The van der Waals surface area contributed by atoms with Gasteiger partial charge < -0.3 is 9.67 Å². The van der Waals surface area contributed by atoms with E-state index in [0.717, 1.165) is 33.8 Å². The zero-order valence-corrected chi connectivity index (χ0v) is 12.0. The number of nitrogens with zero attached hydrogens (tertiary/aromatic N) is 1. The van der Waals surface area contributed by atoms with Crippen molar-refractivity contribution >= 4 is 22.9 Å². The molecule has 2 aromatic carbocycles. The number of carbonyl (C=O) groups is 1. The maximum absolute atomic E-state index is 13.2. The van der Waals surface area contributed by atoms with Crippen LogP contribution in [0.3, 0.4) is 0 Å². The third-order valence-electron chi connectivity index (χ3n) is 3.66. The van der Waals surface area contributed by atoms with Crippen LogP contribution < -0.4 is 0 Å². The predicted octanol–water partition coefficient (Wildman–Crippen LogP) is 4.08. The number of aryl methyl sites for hydroxylation is 1. The maximum atomic E-state index is 13.2. The highest BCUT2D eigenvalue weighted by Gasteiger charge is 2.14. The minimum absolute atomic E-state index is 0.301. The van der Waals surface area contributed by atoms with Gasteiger partial charge in [0.2, 0.25) is 0 Å². The van der Waals surface area contributed by atoms with Crippen molar-refractivity contribution in [1.82, 2.24) is 4.57 Å². The fraction of sp³-hybridized carbons (Fsp3) is 0.0556. The van der Waals surface area contributed by atoms with Gasteiger partial charge in [-0.15, -0.1) is 0 Å². The van der Waals surface area contributed by atoms with Gasteiger partial charge in [0.15, 0.2) is 0 Å². The molecule has 0 unspecified atom stereocenters. The standard InChI is InChI=1S/C18H14FNO2/c1-20-16-5-3-2-4-14(16)15(10-11-17(21)22)18(20)12-6-8-13(19)9-7-12/h2-11H,1H3,(H,21,22). The van der Waals surface area contributed by atoms with Crippen molar-refractivity contribution in [1.29, 1.82) is 0 Å². The third kappa shape index (κ3) is 2.39. The van der Waals surface area contributed by atoms with Gasteiger partial charge in [0.25, 0.3) is 0 Å². The molecule has 0 saturated carbocycles. The molecule has 3 nitrogen and oxygen atoms in total. The van der Waals surface area contributed by atoms with E-state index in [4.69, 9.17) is 5.11 Å². The fourth-order valence-electron chi connectivity index (χ4n) is 2.70. The predicted molar refractivity (Wildman–Crippen MR) is 85.0 cm³/mol. The lowest BCUT2D eigenvalue weighted by atomic mass is 10.0. The molecule has 0 amide bonds. The number of para-hydroxylation sites is 1. The van der Waals surface area contributed by atoms with Crippen LogP contribution in [-0.2, 0) is 11.8 Å². The normalized spacial score (nSPS) is 11.4. The molecule has 1 heterocycles. The van der Waals surface area contributed by atoms with Crippen molar-refractivity contribution in [2.45, 2.75) is 0 Å². The Bertz CT molecular complexity index is 876. The molecular weight excluding hydrogens is 281 g/mol. The van der Waals surface area contributed by atoms with Crippen molar-refractivity contribution in [2.24, 2.45) is 7.05 Å². The molecule has 0 bridgehead atoms. The summed E-state index contributed by atoms with van der Waals surface area (Å²) in [6, 6.07) is 14.0. The molecule has 0 spiro atoms. The zero-order chi connectivity index (χ0) is 15.7. The third-order valence-corrected chi connectivity index (χ3v) is 3.66. The number of aromatic nitrogens is 1. The minimum atomic E-state index is -1.00. The van der Waals surface area contributed by atoms with Gasteiger partial charge in [0, 0.05) is 29.6 Å². The molecule has 0 aliphatic heterocycles. The van der Waals surface area contributed by atoms with E-state index in [-0.39, 0.29) is 5.82 Å². The number of halogens is 1. The average molecular weight is 295 g/mol. The second-order valence-electron chi connectivity index (χ2n) is 5.02. The van der Waals surface area contributed by atoms with Gasteiger partial charge in [0.05, 0.1) is 5.69 Å². The van der Waals surface area contributed by atoms with Crippen LogP contribution in [0.2, 0.25) is 0 Å². The van der Waals surface area contributed by atoms with Crippen LogP contribution in [0.5, 0.6) is 0 Å². The van der Waals surface area contributed by atoms with E-state index in [9.17, 15) is 9.18 Å². The number of carboxylic acids is 1. The lowest BCUT2D eigenvalue weighted by Crippen LogP contribution is -1.93. The molecule has 22 heavy (non-hydrogen) atoms. The van der Waals surface area contributed by atoms with Crippen LogP contribution in [0.25, 0.3) is 28.2 Å². The van der Waals surface area contributed by atoms with E-state index in [1.165, 1.54) is 12.1 Å². The lowest BCUT2D eigenvalue weighted by Gasteiger charge is -2.06. The first kappa shape index (κ1) is 14.1. The summed E-state index contributed by atoms with van der Waals surface area (Å²) < 4.78 is 15.2. The number of rotatable bonds is 3. The van der Waals surface area contributed by atoms with E-state index in [1.807, 2.05) is 35.9 Å². The van der Waals surface area contributed by atoms with E-state index in [0.29, 0.717) is 0 Å². The highest BCUT2D eigenvalue weighted by Crippen LogP contribution is 2.34. The second-order valence-corrected chi connectivity index (χ2v) is 5.02. The van der Waals surface area contributed by atoms with Crippen LogP contribution in [0.4, 0.5) is 4.39 Å². The molecule has 0 aliphatic rings. The van der Waals surface area contributed by atoms with Crippen LogP contribution in [0, 0.1) is 5.82 Å². The van der Waals surface area contributed by atoms with Gasteiger partial charge in [0.1, 0.15) is 5.82 Å². The molecule has 3 aromatic rings. The van der Waals surface area contributed by atoms with Crippen molar-refractivity contribution in [2.75, 3.05) is 0 Å². The molecule has 1 aromatic heterocycles. The molecule has 3 rings (SSSR count). The Hall–Kier alpha value is -2.88. The quantitative estimate of drug-likeness (QED) is 0.740. The van der Waals surface area contributed by atoms with Crippen molar-refractivity contribution in [3.63, 3.8) is 0 Å². The van der Waals surface area contributed by atoms with E-state index in [2.05, 4.69) is 0 Å². The number of aliphatic carboxylic acids is 1. The van der Waals surface area contributed by atoms with Crippen LogP contribution in [-0.4, -0.2) is 15.6 Å². The summed E-state index contributed by atoms with van der Waals surface area (Å²) in [5.74, 6) is -1.30. The first-order chi connectivity index (χ1) is 10.6. The summed E-state index contributed by atoms with van der Waals surface area (Å²) in [5.41, 5.74) is 3.50. The Kier molecular flexibility index (Phi) is 3.51. The number of hydrogen-bond acceptors (Lipinski definition) is 1. The number of fused-ring (bicyclic) bond motifs is 1. The summed E-state index contributed by atoms with van der Waals surface area (Å²) >= 11 is 0. The lowest BCUT2D eigenvalue weighted by molar-refractivity contribution is -0.131. The van der Waals surface area contributed by atoms with Gasteiger partial charge >= 0.3 is 5.97 Å². The molecule has 0 aliphatic carbocycles. The summed E-state index contributed by atoms with van der Waals surface area (Å²) in [4.78, 5) is 10.9. The van der Waals surface area contributed by atoms with E-state index < -0.39 is 5.97 Å². The van der Waals surface area contributed by atoms with E-state index in [1.54, 1.807) is 18.2 Å². The van der Waals surface area contributed by atoms with Crippen molar-refractivity contribution in [3.05, 3.63) is 66.0 Å². The van der Waals surface area contributed by atoms with Gasteiger partial charge in [-0.2, -0.15) is 0 Å². The molecule has 0 atom stereocenters. The van der Waals surface area contributed by atoms with Crippen LogP contribution in [0.15, 0.2) is 54.6 Å². The first-order valence-corrected chi connectivity index (χ1v) is 6.82. The average Bonchev–Trinajstić information content (AvgIpc) is 2.79. The van der Waals surface area contributed by atoms with Crippen LogP contribution in [0.1, 0.15) is 5.56 Å². The van der Waals surface area contributed by atoms with Gasteiger partial charge in [-0.05, 0) is 42.0 Å². The van der Waals surface area contributed by atoms with Gasteiger partial charge in [-0.3, -0.25) is 0 Å². The monoisotopic (exact) mass is 295 g/mol. The number of carboxylic acid groups (broad SMARTS) is 1. The molecule has 0 radical (unpaired) electrons. The second kappa shape index (κ2) is 5.48. The summed E-state index contributed by atoms with van der Waals surface area (Å²) in [6.45, 7) is 0. The van der Waals surface area contributed by atoms with E-state index >= 15 is 0 Å². The first-order valence-electron chi connectivity index (χ1n) is 6.82. The number of benzene rings is 2. The Labute approximate surface area is 126 Å². The zero-order valence-electron chi connectivity index (χ0n) is 12.0. The Morgan fingerprint density at radius 3 is 2.50 bits per heavy atom. The molecule has 4 heteroatoms. The van der Waals surface area contributed by atoms with Crippen molar-refractivity contribution in [3.8, 4) is 11.3 Å². The Balaban J connectivity index is 2.32. The topological polar surface area (TPSA) is 42.2 Å². The van der Waals surface area contributed by atoms with Gasteiger partial charge in [-0.1, -0.05) is 18.2 Å². The minimum Gasteiger partial charge on any atom is -0.478 e. The maximum Gasteiger partial charge on any atom is 0.328 e. The highest BCUT2D eigenvalue weighted by atomic mass is 19.1. The van der Waals surface area contributed by atoms with Crippen LogP contribution >= 0.6 is 0 Å². The molecule has 0 saturated heterocycles. The Morgan fingerprint density at radius 2 is 1.82 bits per heavy atom. The fourth-order valence-corrected chi connectivity index (χ4v) is 2.70. The molecule has 1 N–H and O–H groups in total. The largest absolute Gasteiger partial charge is 0.478 e. The number of hydrogen-bond donors (Lipinski definition) is 1. The molecule has 0 fully saturated rings. The molecular formula is C18H14FNO2. The summed E-state index contributed by atoms with van der Waals surface area (Å²) in [6.07, 6.45) is 2.71. The molecule has 110 valence electrons. The Morgan fingerprint density at radius 1 is 1.14 bits per heavy atom. The summed E-state index contributed by atoms with van der Waals surface area (Å²) in [5, 5.41) is 9.87.